The smallest absolute Gasteiger partial charge is 0.224 e. The second-order valence-electron chi connectivity index (χ2n) is 5.03. The Morgan fingerprint density at radius 3 is 2.64 bits per heavy atom. The van der Waals surface area contributed by atoms with Crippen LogP contribution in [0.4, 0.5) is 10.1 Å². The number of carbonyl (C=O) groups excluding carboxylic acids is 1. The summed E-state index contributed by atoms with van der Waals surface area (Å²) in [6.07, 6.45) is 0.244. The number of nitrogens with one attached hydrogen (secondary N) is 1. The number of carbonyl (C=O) groups is 1. The zero-order chi connectivity index (χ0) is 15.9. The topological polar surface area (TPSA) is 32.3 Å². The van der Waals surface area contributed by atoms with Crippen LogP contribution in [0.15, 0.2) is 53.0 Å². The van der Waals surface area contributed by atoms with Crippen molar-refractivity contribution in [2.24, 2.45) is 0 Å². The number of amides is 1. The highest BCUT2D eigenvalue weighted by atomic mass is 79.9. The lowest BCUT2D eigenvalue weighted by Gasteiger charge is -2.19. The molecule has 0 spiro atoms. The number of rotatable bonds is 6. The Bertz CT molecular complexity index is 634. The van der Waals surface area contributed by atoms with Gasteiger partial charge in [-0.15, -0.1) is 0 Å². The number of halogens is 2. The van der Waals surface area contributed by atoms with Crippen molar-refractivity contribution in [1.82, 2.24) is 5.32 Å². The van der Waals surface area contributed by atoms with Crippen LogP contribution in [0, 0.1) is 5.82 Å². The first kappa shape index (κ1) is 16.5. The van der Waals surface area contributed by atoms with Gasteiger partial charge in [0.15, 0.2) is 0 Å². The van der Waals surface area contributed by atoms with Crippen LogP contribution in [-0.2, 0) is 11.2 Å². The standard InChI is InChI=1S/C17H18BrFN2O/c1-21(14-5-3-2-4-6-14)10-9-20-17(22)12-13-7-8-16(19)15(18)11-13/h2-8,11H,9-10,12H2,1H3,(H,20,22). The third-order valence-corrected chi connectivity index (χ3v) is 3.92. The van der Waals surface area contributed by atoms with E-state index in [9.17, 15) is 9.18 Å². The van der Waals surface area contributed by atoms with Gasteiger partial charge in [0.2, 0.25) is 5.91 Å². The van der Waals surface area contributed by atoms with E-state index in [-0.39, 0.29) is 18.1 Å². The van der Waals surface area contributed by atoms with Crippen molar-refractivity contribution in [2.45, 2.75) is 6.42 Å². The maximum atomic E-state index is 13.1. The third kappa shape index (κ3) is 4.84. The summed E-state index contributed by atoms with van der Waals surface area (Å²) in [5.41, 5.74) is 1.89. The third-order valence-electron chi connectivity index (χ3n) is 3.32. The minimum atomic E-state index is -0.325. The van der Waals surface area contributed by atoms with Gasteiger partial charge < -0.3 is 10.2 Å². The maximum Gasteiger partial charge on any atom is 0.224 e. The molecule has 0 fully saturated rings. The molecule has 22 heavy (non-hydrogen) atoms. The summed E-state index contributed by atoms with van der Waals surface area (Å²) in [5, 5.41) is 2.88. The lowest BCUT2D eigenvalue weighted by atomic mass is 10.1. The van der Waals surface area contributed by atoms with Crippen molar-refractivity contribution in [3.8, 4) is 0 Å². The zero-order valence-electron chi connectivity index (χ0n) is 12.4. The van der Waals surface area contributed by atoms with Crippen molar-refractivity contribution in [1.29, 1.82) is 0 Å². The van der Waals surface area contributed by atoms with Gasteiger partial charge in [0.25, 0.3) is 0 Å². The molecule has 116 valence electrons. The molecule has 0 aromatic heterocycles. The van der Waals surface area contributed by atoms with Crippen molar-refractivity contribution in [3.63, 3.8) is 0 Å². The van der Waals surface area contributed by atoms with Gasteiger partial charge in [-0.05, 0) is 45.8 Å². The van der Waals surface area contributed by atoms with E-state index in [0.29, 0.717) is 11.0 Å². The highest BCUT2D eigenvalue weighted by molar-refractivity contribution is 9.10. The fourth-order valence-corrected chi connectivity index (χ4v) is 2.50. The average molecular weight is 365 g/mol. The molecule has 1 amide bonds. The van der Waals surface area contributed by atoms with Gasteiger partial charge in [-0.2, -0.15) is 0 Å². The Kier molecular flexibility index (Phi) is 5.95. The summed E-state index contributed by atoms with van der Waals surface area (Å²) >= 11 is 3.12. The SMILES string of the molecule is CN(CCNC(=O)Cc1ccc(F)c(Br)c1)c1ccccc1. The molecule has 0 radical (unpaired) electrons. The molecule has 0 aliphatic heterocycles. The van der Waals surface area contributed by atoms with Gasteiger partial charge in [-0.25, -0.2) is 4.39 Å². The molecule has 0 bridgehead atoms. The van der Waals surface area contributed by atoms with Crippen LogP contribution >= 0.6 is 15.9 Å². The van der Waals surface area contributed by atoms with Crippen LogP contribution in [0.1, 0.15) is 5.56 Å². The first-order valence-electron chi connectivity index (χ1n) is 7.03. The van der Waals surface area contributed by atoms with E-state index >= 15 is 0 Å². The van der Waals surface area contributed by atoms with Crippen LogP contribution < -0.4 is 10.2 Å². The average Bonchev–Trinajstić information content (AvgIpc) is 2.51. The summed E-state index contributed by atoms with van der Waals surface area (Å²) in [4.78, 5) is 14.0. The Morgan fingerprint density at radius 2 is 1.95 bits per heavy atom. The molecular weight excluding hydrogens is 347 g/mol. The van der Waals surface area contributed by atoms with E-state index in [1.165, 1.54) is 6.07 Å². The quantitative estimate of drug-likeness (QED) is 0.851. The normalized spacial score (nSPS) is 10.3. The van der Waals surface area contributed by atoms with E-state index in [0.717, 1.165) is 17.8 Å². The maximum absolute atomic E-state index is 13.1. The summed E-state index contributed by atoms with van der Waals surface area (Å²) < 4.78 is 13.5. The van der Waals surface area contributed by atoms with E-state index in [1.807, 2.05) is 37.4 Å². The second-order valence-corrected chi connectivity index (χ2v) is 5.89. The molecule has 0 aliphatic rings. The molecule has 2 aromatic rings. The van der Waals surface area contributed by atoms with Crippen molar-refractivity contribution in [3.05, 3.63) is 64.4 Å². The number of benzene rings is 2. The van der Waals surface area contributed by atoms with Crippen LogP contribution in [-0.4, -0.2) is 26.0 Å². The molecule has 3 nitrogen and oxygen atoms in total. The Morgan fingerprint density at radius 1 is 1.23 bits per heavy atom. The molecule has 5 heteroatoms. The molecule has 0 saturated heterocycles. The van der Waals surface area contributed by atoms with Crippen molar-refractivity contribution < 1.29 is 9.18 Å². The van der Waals surface area contributed by atoms with Gasteiger partial charge in [-0.3, -0.25) is 4.79 Å². The largest absolute Gasteiger partial charge is 0.373 e. The summed E-state index contributed by atoms with van der Waals surface area (Å²) in [6, 6.07) is 14.6. The van der Waals surface area contributed by atoms with Crippen LogP contribution in [0.25, 0.3) is 0 Å². The molecule has 0 unspecified atom stereocenters. The van der Waals surface area contributed by atoms with E-state index in [4.69, 9.17) is 0 Å². The highest BCUT2D eigenvalue weighted by Gasteiger charge is 2.06. The van der Waals surface area contributed by atoms with Gasteiger partial charge in [0.05, 0.1) is 10.9 Å². The number of nitrogens with zero attached hydrogens (tertiary/aromatic N) is 1. The molecule has 0 saturated carbocycles. The Balaban J connectivity index is 1.77. The molecule has 0 atom stereocenters. The van der Waals surface area contributed by atoms with Gasteiger partial charge in [-0.1, -0.05) is 24.3 Å². The predicted molar refractivity (Wildman–Crippen MR) is 90.5 cm³/mol. The number of para-hydroxylation sites is 1. The van der Waals surface area contributed by atoms with Crippen molar-refractivity contribution in [2.75, 3.05) is 25.0 Å². The van der Waals surface area contributed by atoms with E-state index < -0.39 is 0 Å². The molecular formula is C17H18BrFN2O. The number of likely N-dealkylation sites (N-methyl/N-ethyl adjacent to an activating group) is 1. The monoisotopic (exact) mass is 364 g/mol. The number of hydrogen-bond donors (Lipinski definition) is 1. The summed E-state index contributed by atoms with van der Waals surface area (Å²) in [6.45, 7) is 1.29. The van der Waals surface area contributed by atoms with Crippen LogP contribution in [0.2, 0.25) is 0 Å². The lowest BCUT2D eigenvalue weighted by Crippen LogP contribution is -2.33. The van der Waals surface area contributed by atoms with Gasteiger partial charge in [0.1, 0.15) is 5.82 Å². The molecule has 2 aromatic carbocycles. The van der Waals surface area contributed by atoms with E-state index in [1.54, 1.807) is 12.1 Å². The summed E-state index contributed by atoms with van der Waals surface area (Å²) in [7, 11) is 1.98. The lowest BCUT2D eigenvalue weighted by molar-refractivity contribution is -0.120. The van der Waals surface area contributed by atoms with E-state index in [2.05, 4.69) is 26.1 Å². The van der Waals surface area contributed by atoms with Gasteiger partial charge >= 0.3 is 0 Å². The van der Waals surface area contributed by atoms with Crippen LogP contribution in [0.3, 0.4) is 0 Å². The predicted octanol–water partition coefficient (Wildman–Crippen LogP) is 3.38. The van der Waals surface area contributed by atoms with Crippen LogP contribution in [0.5, 0.6) is 0 Å². The molecule has 0 heterocycles. The fourth-order valence-electron chi connectivity index (χ4n) is 2.07. The highest BCUT2D eigenvalue weighted by Crippen LogP contribution is 2.17. The number of hydrogen-bond acceptors (Lipinski definition) is 2. The number of anilines is 1. The molecule has 1 N–H and O–H groups in total. The van der Waals surface area contributed by atoms with Gasteiger partial charge in [0, 0.05) is 25.8 Å². The first-order chi connectivity index (χ1) is 10.6. The zero-order valence-corrected chi connectivity index (χ0v) is 13.9. The Labute approximate surface area is 138 Å². The molecule has 0 aliphatic carbocycles. The minimum absolute atomic E-state index is 0.0695. The van der Waals surface area contributed by atoms with Crippen molar-refractivity contribution >= 4 is 27.5 Å². The first-order valence-corrected chi connectivity index (χ1v) is 7.82. The second kappa shape index (κ2) is 7.94. The minimum Gasteiger partial charge on any atom is -0.373 e. The molecule has 2 rings (SSSR count). The fraction of sp³-hybridized carbons (Fsp3) is 0.235. The Hall–Kier alpha value is -1.88. The summed E-state index contributed by atoms with van der Waals surface area (Å²) in [5.74, 6) is -0.395.